The van der Waals surface area contributed by atoms with Gasteiger partial charge in [-0.15, -0.1) is 0 Å². The van der Waals surface area contributed by atoms with Crippen LogP contribution in [0.3, 0.4) is 0 Å². The first kappa shape index (κ1) is 13.6. The average Bonchev–Trinajstić information content (AvgIpc) is 2.68. The molecule has 2 heterocycles. The van der Waals surface area contributed by atoms with Crippen molar-refractivity contribution in [2.75, 3.05) is 13.1 Å². The number of likely N-dealkylation sites (tertiary alicyclic amines) is 1. The van der Waals surface area contributed by atoms with Gasteiger partial charge in [-0.25, -0.2) is 4.79 Å². The molecule has 0 spiro atoms. The molecule has 6 heteroatoms. The highest BCUT2D eigenvalue weighted by atomic mass is 16.4. The average molecular weight is 267 g/mol. The largest absolute Gasteiger partial charge is 0.479 e. The van der Waals surface area contributed by atoms with Gasteiger partial charge in [-0.05, 0) is 19.9 Å². The number of nitrogens with zero attached hydrogens (tertiary/aromatic N) is 1. The molecular weight excluding hydrogens is 250 g/mol. The highest BCUT2D eigenvalue weighted by Gasteiger charge is 2.40. The van der Waals surface area contributed by atoms with Gasteiger partial charge in [-0.3, -0.25) is 4.79 Å². The van der Waals surface area contributed by atoms with Crippen molar-refractivity contribution in [1.29, 1.82) is 0 Å². The van der Waals surface area contributed by atoms with E-state index in [1.165, 1.54) is 0 Å². The molecule has 1 fully saturated rings. The van der Waals surface area contributed by atoms with Crippen LogP contribution in [0.5, 0.6) is 0 Å². The van der Waals surface area contributed by atoms with Crippen molar-refractivity contribution in [3.05, 3.63) is 23.2 Å². The predicted octanol–water partition coefficient (Wildman–Crippen LogP) is 0.948. The molecule has 0 aliphatic carbocycles. The van der Waals surface area contributed by atoms with E-state index in [4.69, 9.17) is 9.52 Å². The van der Waals surface area contributed by atoms with E-state index in [-0.39, 0.29) is 31.8 Å². The zero-order valence-electron chi connectivity index (χ0n) is 11.0. The third-order valence-electron chi connectivity index (χ3n) is 3.55. The summed E-state index contributed by atoms with van der Waals surface area (Å²) in [6.45, 7) is 3.94. The van der Waals surface area contributed by atoms with Crippen LogP contribution in [0.2, 0.25) is 0 Å². The summed E-state index contributed by atoms with van der Waals surface area (Å²) < 4.78 is 5.31. The van der Waals surface area contributed by atoms with Crippen LogP contribution in [-0.4, -0.2) is 45.7 Å². The molecule has 0 bridgehead atoms. The first-order chi connectivity index (χ1) is 8.83. The van der Waals surface area contributed by atoms with Crippen molar-refractivity contribution in [3.8, 4) is 0 Å². The lowest BCUT2D eigenvalue weighted by Gasteiger charge is -2.35. The molecule has 0 aromatic carbocycles. The summed E-state index contributed by atoms with van der Waals surface area (Å²) >= 11 is 0. The summed E-state index contributed by atoms with van der Waals surface area (Å²) in [5.74, 6) is -0.182. The smallest absolute Gasteiger partial charge is 0.335 e. The summed E-state index contributed by atoms with van der Waals surface area (Å²) in [4.78, 5) is 24.7. The molecule has 1 saturated heterocycles. The molecule has 1 aromatic heterocycles. The molecule has 0 saturated carbocycles. The maximum atomic E-state index is 12.3. The molecule has 2 N–H and O–H groups in total. The van der Waals surface area contributed by atoms with Crippen LogP contribution < -0.4 is 0 Å². The van der Waals surface area contributed by atoms with E-state index in [0.29, 0.717) is 17.1 Å². The molecule has 0 atom stereocenters. The van der Waals surface area contributed by atoms with Gasteiger partial charge >= 0.3 is 5.97 Å². The number of carboxylic acid groups (broad SMARTS) is 1. The lowest BCUT2D eigenvalue weighted by atomic mass is 9.91. The summed E-state index contributed by atoms with van der Waals surface area (Å²) in [5.41, 5.74) is -1.21. The van der Waals surface area contributed by atoms with E-state index in [1.54, 1.807) is 24.8 Å². The Morgan fingerprint density at radius 3 is 2.32 bits per heavy atom. The van der Waals surface area contributed by atoms with Crippen LogP contribution in [0.4, 0.5) is 0 Å². The maximum absolute atomic E-state index is 12.3. The van der Waals surface area contributed by atoms with Gasteiger partial charge in [0.05, 0.1) is 5.56 Å². The number of hydrogen-bond acceptors (Lipinski definition) is 4. The fourth-order valence-electron chi connectivity index (χ4n) is 2.31. The van der Waals surface area contributed by atoms with Crippen LogP contribution in [0.25, 0.3) is 0 Å². The minimum atomic E-state index is -1.71. The number of piperidine rings is 1. The van der Waals surface area contributed by atoms with Gasteiger partial charge in [0.2, 0.25) is 0 Å². The van der Waals surface area contributed by atoms with Crippen LogP contribution in [0.15, 0.2) is 10.5 Å². The van der Waals surface area contributed by atoms with Gasteiger partial charge in [0.25, 0.3) is 5.91 Å². The Bertz CT molecular complexity index is 511. The molecule has 19 heavy (non-hydrogen) atoms. The van der Waals surface area contributed by atoms with E-state index in [1.807, 2.05) is 0 Å². The fourth-order valence-corrected chi connectivity index (χ4v) is 2.31. The molecule has 1 aliphatic rings. The standard InChI is InChI=1S/C13H17NO5/c1-8-7-10(9(2)19-8)11(15)14-5-3-13(18,4-6-14)12(16)17/h7,18H,3-6H2,1-2H3,(H,16,17). The van der Waals surface area contributed by atoms with E-state index in [2.05, 4.69) is 0 Å². The molecule has 1 aromatic rings. The second kappa shape index (κ2) is 4.70. The Labute approximate surface area is 110 Å². The number of carbonyl (C=O) groups excluding carboxylic acids is 1. The highest BCUT2D eigenvalue weighted by molar-refractivity contribution is 5.95. The Morgan fingerprint density at radius 1 is 1.32 bits per heavy atom. The summed E-state index contributed by atoms with van der Waals surface area (Å²) in [7, 11) is 0. The molecule has 0 unspecified atom stereocenters. The number of aliphatic hydroxyl groups is 1. The second-order valence-corrected chi connectivity index (χ2v) is 4.96. The van der Waals surface area contributed by atoms with E-state index in [0.717, 1.165) is 0 Å². The number of rotatable bonds is 2. The molecule has 6 nitrogen and oxygen atoms in total. The Morgan fingerprint density at radius 2 is 1.89 bits per heavy atom. The monoisotopic (exact) mass is 267 g/mol. The van der Waals surface area contributed by atoms with Crippen LogP contribution in [-0.2, 0) is 4.79 Å². The first-order valence-electron chi connectivity index (χ1n) is 6.15. The van der Waals surface area contributed by atoms with Crippen molar-refractivity contribution >= 4 is 11.9 Å². The van der Waals surface area contributed by atoms with Gasteiger partial charge in [0, 0.05) is 25.9 Å². The lowest BCUT2D eigenvalue weighted by Crippen LogP contribution is -2.50. The summed E-state index contributed by atoms with van der Waals surface area (Å²) in [6, 6.07) is 1.68. The molecular formula is C13H17NO5. The first-order valence-corrected chi connectivity index (χ1v) is 6.15. The highest BCUT2D eigenvalue weighted by Crippen LogP contribution is 2.25. The van der Waals surface area contributed by atoms with Gasteiger partial charge in [0.15, 0.2) is 5.60 Å². The Balaban J connectivity index is 2.08. The van der Waals surface area contributed by atoms with Gasteiger partial charge < -0.3 is 19.5 Å². The molecule has 0 radical (unpaired) electrons. The zero-order chi connectivity index (χ0) is 14.2. The predicted molar refractivity (Wildman–Crippen MR) is 65.9 cm³/mol. The number of amides is 1. The number of carboxylic acids is 1. The Hall–Kier alpha value is -1.82. The third kappa shape index (κ3) is 2.49. The van der Waals surface area contributed by atoms with Crippen molar-refractivity contribution < 1.29 is 24.2 Å². The number of hydrogen-bond donors (Lipinski definition) is 2. The number of furan rings is 1. The zero-order valence-corrected chi connectivity index (χ0v) is 11.0. The summed E-state index contributed by atoms with van der Waals surface area (Å²) in [5, 5.41) is 18.7. The van der Waals surface area contributed by atoms with E-state index >= 15 is 0 Å². The molecule has 1 amide bonds. The van der Waals surface area contributed by atoms with Crippen molar-refractivity contribution in [2.45, 2.75) is 32.3 Å². The van der Waals surface area contributed by atoms with Crippen LogP contribution in [0.1, 0.15) is 34.7 Å². The normalized spacial score (nSPS) is 18.4. The van der Waals surface area contributed by atoms with Crippen molar-refractivity contribution in [1.82, 2.24) is 4.90 Å². The fraction of sp³-hybridized carbons (Fsp3) is 0.538. The van der Waals surface area contributed by atoms with Gasteiger partial charge in [-0.1, -0.05) is 0 Å². The number of aryl methyl sites for hydroxylation is 2. The van der Waals surface area contributed by atoms with Gasteiger partial charge in [0.1, 0.15) is 11.5 Å². The Kier molecular flexibility index (Phi) is 3.36. The third-order valence-corrected chi connectivity index (χ3v) is 3.55. The molecule has 104 valence electrons. The minimum Gasteiger partial charge on any atom is -0.479 e. The lowest BCUT2D eigenvalue weighted by molar-refractivity contribution is -0.162. The van der Waals surface area contributed by atoms with Crippen molar-refractivity contribution in [2.24, 2.45) is 0 Å². The van der Waals surface area contributed by atoms with Crippen molar-refractivity contribution in [3.63, 3.8) is 0 Å². The SMILES string of the molecule is Cc1cc(C(=O)N2CCC(O)(C(=O)O)CC2)c(C)o1. The number of aliphatic carboxylic acids is 1. The maximum Gasteiger partial charge on any atom is 0.335 e. The second-order valence-electron chi connectivity index (χ2n) is 4.96. The minimum absolute atomic E-state index is 0.0456. The van der Waals surface area contributed by atoms with E-state index in [9.17, 15) is 14.7 Å². The number of carbonyl (C=O) groups is 2. The quantitative estimate of drug-likeness (QED) is 0.832. The molecule has 2 rings (SSSR count). The van der Waals surface area contributed by atoms with E-state index < -0.39 is 11.6 Å². The van der Waals surface area contributed by atoms with Gasteiger partial charge in [-0.2, -0.15) is 0 Å². The summed E-state index contributed by atoms with van der Waals surface area (Å²) in [6.07, 6.45) is 0.0912. The van der Waals surface area contributed by atoms with Crippen LogP contribution in [0, 0.1) is 13.8 Å². The topological polar surface area (TPSA) is 91.0 Å². The molecule has 1 aliphatic heterocycles. The van der Waals surface area contributed by atoms with Crippen LogP contribution >= 0.6 is 0 Å².